The number of hydrogen-bond acceptors (Lipinski definition) is 2. The third kappa shape index (κ3) is 4.52. The van der Waals surface area contributed by atoms with Crippen LogP contribution in [0, 0.1) is 5.41 Å². The summed E-state index contributed by atoms with van der Waals surface area (Å²) in [6.07, 6.45) is 1.02. The van der Waals surface area contributed by atoms with Gasteiger partial charge in [-0.1, -0.05) is 20.8 Å². The summed E-state index contributed by atoms with van der Waals surface area (Å²) in [6, 6.07) is 0. The van der Waals surface area contributed by atoms with Gasteiger partial charge in [0, 0.05) is 11.2 Å². The third-order valence-corrected chi connectivity index (χ3v) is 2.35. The Balaban J connectivity index is 3.45. The Morgan fingerprint density at radius 3 is 2.44 bits per heavy atom. The van der Waals surface area contributed by atoms with Gasteiger partial charge >= 0.3 is 0 Å². The highest BCUT2D eigenvalue weighted by Gasteiger charge is 2.14. The van der Waals surface area contributed by atoms with Crippen molar-refractivity contribution in [2.45, 2.75) is 20.8 Å². The molecule has 0 unspecified atom stereocenters. The monoisotopic (exact) mass is 146 g/mol. The average molecular weight is 146 g/mol. The first kappa shape index (κ1) is 9.02. The molecule has 0 aliphatic heterocycles. The quantitative estimate of drug-likeness (QED) is 0.564. The zero-order chi connectivity index (χ0) is 7.33. The maximum atomic E-state index is 10.3. The molecule has 0 atom stereocenters. The van der Waals surface area contributed by atoms with Gasteiger partial charge in [-0.2, -0.15) is 11.8 Å². The Labute approximate surface area is 61.2 Å². The van der Waals surface area contributed by atoms with Crippen molar-refractivity contribution in [3.8, 4) is 0 Å². The number of aldehydes is 1. The van der Waals surface area contributed by atoms with Crippen LogP contribution in [0.4, 0.5) is 0 Å². The largest absolute Gasteiger partial charge is 0.303 e. The number of carbonyl (C=O) groups is 1. The fraction of sp³-hybridized carbons (Fsp3) is 0.857. The topological polar surface area (TPSA) is 17.1 Å². The van der Waals surface area contributed by atoms with Crippen molar-refractivity contribution < 1.29 is 4.79 Å². The van der Waals surface area contributed by atoms with Crippen molar-refractivity contribution in [3.05, 3.63) is 0 Å². The normalized spacial score (nSPS) is 11.4. The van der Waals surface area contributed by atoms with Crippen molar-refractivity contribution >= 4 is 18.0 Å². The van der Waals surface area contributed by atoms with Crippen molar-refractivity contribution in [2.24, 2.45) is 5.41 Å². The smallest absolute Gasteiger partial charge is 0.126 e. The van der Waals surface area contributed by atoms with E-state index < -0.39 is 0 Å². The maximum Gasteiger partial charge on any atom is 0.126 e. The molecule has 9 heavy (non-hydrogen) atoms. The molecule has 0 saturated carbocycles. The van der Waals surface area contributed by atoms with Gasteiger partial charge in [0.25, 0.3) is 0 Å². The van der Waals surface area contributed by atoms with Crippen LogP contribution in [-0.4, -0.2) is 17.8 Å². The molecule has 0 aromatic rings. The molecule has 0 aromatic carbocycles. The number of thioether (sulfide) groups is 1. The van der Waals surface area contributed by atoms with Gasteiger partial charge in [-0.15, -0.1) is 0 Å². The van der Waals surface area contributed by atoms with Crippen LogP contribution in [-0.2, 0) is 4.79 Å². The SMILES string of the molecule is CCSCC(C)(C)C=O. The fourth-order valence-corrected chi connectivity index (χ4v) is 1.20. The van der Waals surface area contributed by atoms with Gasteiger partial charge in [0.05, 0.1) is 0 Å². The van der Waals surface area contributed by atoms with Crippen LogP contribution in [0.15, 0.2) is 0 Å². The number of hydrogen-bond donors (Lipinski definition) is 0. The molecule has 0 aliphatic rings. The Hall–Kier alpha value is 0.0200. The molecule has 0 aliphatic carbocycles. The molecule has 1 nitrogen and oxygen atoms in total. The van der Waals surface area contributed by atoms with Gasteiger partial charge in [-0.05, 0) is 5.75 Å². The van der Waals surface area contributed by atoms with Crippen LogP contribution >= 0.6 is 11.8 Å². The molecular formula is C7H14OS. The summed E-state index contributed by atoms with van der Waals surface area (Å²) < 4.78 is 0. The van der Waals surface area contributed by atoms with Crippen LogP contribution in [0.1, 0.15) is 20.8 Å². The summed E-state index contributed by atoms with van der Waals surface area (Å²) in [4.78, 5) is 10.3. The Bertz CT molecular complexity index is 88.9. The first-order chi connectivity index (χ1) is 4.12. The molecule has 0 rings (SSSR count). The lowest BCUT2D eigenvalue weighted by molar-refractivity contribution is -0.113. The Kier molecular flexibility index (Phi) is 3.95. The molecular weight excluding hydrogens is 132 g/mol. The highest BCUT2D eigenvalue weighted by molar-refractivity contribution is 7.99. The average Bonchev–Trinajstić information content (AvgIpc) is 1.84. The highest BCUT2D eigenvalue weighted by atomic mass is 32.2. The van der Waals surface area contributed by atoms with E-state index in [4.69, 9.17) is 0 Å². The van der Waals surface area contributed by atoms with Crippen LogP contribution in [0.3, 0.4) is 0 Å². The van der Waals surface area contributed by atoms with E-state index in [9.17, 15) is 4.79 Å². The minimum absolute atomic E-state index is 0.124. The molecule has 54 valence electrons. The zero-order valence-electron chi connectivity index (χ0n) is 6.31. The lowest BCUT2D eigenvalue weighted by Gasteiger charge is -2.14. The molecule has 0 saturated heterocycles. The van der Waals surface area contributed by atoms with Crippen molar-refractivity contribution in [1.29, 1.82) is 0 Å². The second kappa shape index (κ2) is 3.94. The molecule has 0 bridgehead atoms. The summed E-state index contributed by atoms with van der Waals surface area (Å²) in [6.45, 7) is 6.02. The fourth-order valence-electron chi connectivity index (χ4n) is 0.399. The van der Waals surface area contributed by atoms with Gasteiger partial charge in [0.15, 0.2) is 0 Å². The summed E-state index contributed by atoms with van der Waals surface area (Å²) in [5.41, 5.74) is -0.124. The first-order valence-corrected chi connectivity index (χ1v) is 4.32. The second-order valence-electron chi connectivity index (χ2n) is 2.74. The third-order valence-electron chi connectivity index (χ3n) is 0.997. The molecule has 0 N–H and O–H groups in total. The predicted molar refractivity (Wildman–Crippen MR) is 42.8 cm³/mol. The maximum absolute atomic E-state index is 10.3. The molecule has 0 aromatic heterocycles. The van der Waals surface area contributed by atoms with Gasteiger partial charge in [0.1, 0.15) is 6.29 Å². The van der Waals surface area contributed by atoms with Crippen LogP contribution in [0.5, 0.6) is 0 Å². The Morgan fingerprint density at radius 1 is 1.56 bits per heavy atom. The highest BCUT2D eigenvalue weighted by Crippen LogP contribution is 2.17. The lowest BCUT2D eigenvalue weighted by atomic mass is 10.00. The van der Waals surface area contributed by atoms with Gasteiger partial charge < -0.3 is 4.79 Å². The van der Waals surface area contributed by atoms with E-state index in [-0.39, 0.29) is 5.41 Å². The summed E-state index contributed by atoms with van der Waals surface area (Å²) >= 11 is 1.81. The molecule has 0 heterocycles. The minimum Gasteiger partial charge on any atom is -0.303 e. The summed E-state index contributed by atoms with van der Waals surface area (Å²) in [5.74, 6) is 2.03. The molecule has 0 spiro atoms. The summed E-state index contributed by atoms with van der Waals surface area (Å²) in [5, 5.41) is 0. The molecule has 0 amide bonds. The van der Waals surface area contributed by atoms with Gasteiger partial charge in [0.2, 0.25) is 0 Å². The van der Waals surface area contributed by atoms with E-state index in [0.29, 0.717) is 0 Å². The van der Waals surface area contributed by atoms with E-state index in [2.05, 4.69) is 6.92 Å². The number of rotatable bonds is 4. The minimum atomic E-state index is -0.124. The van der Waals surface area contributed by atoms with Crippen molar-refractivity contribution in [2.75, 3.05) is 11.5 Å². The second-order valence-corrected chi connectivity index (χ2v) is 4.02. The van der Waals surface area contributed by atoms with Crippen LogP contribution < -0.4 is 0 Å². The molecule has 0 fully saturated rings. The first-order valence-electron chi connectivity index (χ1n) is 3.16. The van der Waals surface area contributed by atoms with Crippen molar-refractivity contribution in [3.63, 3.8) is 0 Å². The lowest BCUT2D eigenvalue weighted by Crippen LogP contribution is -2.15. The van der Waals surface area contributed by atoms with Gasteiger partial charge in [-0.3, -0.25) is 0 Å². The van der Waals surface area contributed by atoms with E-state index in [1.807, 2.05) is 25.6 Å². The zero-order valence-corrected chi connectivity index (χ0v) is 7.12. The van der Waals surface area contributed by atoms with E-state index in [1.54, 1.807) is 0 Å². The molecule has 2 heteroatoms. The van der Waals surface area contributed by atoms with Crippen LogP contribution in [0.25, 0.3) is 0 Å². The van der Waals surface area contributed by atoms with E-state index in [0.717, 1.165) is 17.8 Å². The van der Waals surface area contributed by atoms with Gasteiger partial charge in [-0.25, -0.2) is 0 Å². The van der Waals surface area contributed by atoms with E-state index in [1.165, 1.54) is 0 Å². The molecule has 0 radical (unpaired) electrons. The van der Waals surface area contributed by atoms with E-state index >= 15 is 0 Å². The Morgan fingerprint density at radius 2 is 2.11 bits per heavy atom. The van der Waals surface area contributed by atoms with Crippen molar-refractivity contribution in [1.82, 2.24) is 0 Å². The summed E-state index contributed by atoms with van der Waals surface area (Å²) in [7, 11) is 0. The van der Waals surface area contributed by atoms with Crippen LogP contribution in [0.2, 0.25) is 0 Å². The number of carbonyl (C=O) groups excluding carboxylic acids is 1. The predicted octanol–water partition coefficient (Wildman–Crippen LogP) is 1.96. The standard InChI is InChI=1S/C7H14OS/c1-4-9-6-7(2,3)5-8/h5H,4,6H2,1-3H3.